The predicted octanol–water partition coefficient (Wildman–Crippen LogP) is 1.07. The molecule has 1 aromatic heterocycles. The summed E-state index contributed by atoms with van der Waals surface area (Å²) in [4.78, 5) is 34.5. The summed E-state index contributed by atoms with van der Waals surface area (Å²) in [6, 6.07) is 9.14. The number of hydrogen-bond donors (Lipinski definition) is 2. The largest absolute Gasteiger partial charge is 0.619 e. The van der Waals surface area contributed by atoms with Crippen molar-refractivity contribution in [2.24, 2.45) is 0 Å². The number of nitrogens with one attached hydrogen (secondary N) is 2. The Kier molecular flexibility index (Phi) is 5.45. The molecule has 2 N–H and O–H groups in total. The first kappa shape index (κ1) is 16.9. The summed E-state index contributed by atoms with van der Waals surface area (Å²) in [6.07, 6.45) is 2.31. The second-order valence-electron chi connectivity index (χ2n) is 4.83. The van der Waals surface area contributed by atoms with Gasteiger partial charge in [0.25, 0.3) is 5.91 Å². The third-order valence-electron chi connectivity index (χ3n) is 2.84. The van der Waals surface area contributed by atoms with Gasteiger partial charge in [-0.3, -0.25) is 9.59 Å². The van der Waals surface area contributed by atoms with Crippen molar-refractivity contribution in [3.63, 3.8) is 0 Å². The third kappa shape index (κ3) is 5.09. The molecule has 8 heteroatoms. The number of ether oxygens (including phenoxy) is 1. The van der Waals surface area contributed by atoms with Gasteiger partial charge in [0.2, 0.25) is 5.91 Å². The molecule has 2 amide bonds. The van der Waals surface area contributed by atoms with E-state index in [2.05, 4.69) is 10.6 Å². The second-order valence-corrected chi connectivity index (χ2v) is 4.83. The van der Waals surface area contributed by atoms with Gasteiger partial charge in [0, 0.05) is 30.4 Å². The van der Waals surface area contributed by atoms with Gasteiger partial charge >= 0.3 is 5.97 Å². The van der Waals surface area contributed by atoms with Crippen molar-refractivity contribution in [2.75, 3.05) is 17.2 Å². The van der Waals surface area contributed by atoms with Crippen LogP contribution in [-0.4, -0.2) is 24.4 Å². The third-order valence-corrected chi connectivity index (χ3v) is 2.84. The van der Waals surface area contributed by atoms with E-state index in [1.807, 2.05) is 0 Å². The van der Waals surface area contributed by atoms with E-state index in [1.165, 1.54) is 19.1 Å². The van der Waals surface area contributed by atoms with Crippen LogP contribution in [-0.2, 0) is 14.3 Å². The number of benzene rings is 1. The molecule has 124 valence electrons. The van der Waals surface area contributed by atoms with E-state index in [0.717, 1.165) is 12.4 Å². The van der Waals surface area contributed by atoms with E-state index in [4.69, 9.17) is 4.74 Å². The number of esters is 1. The van der Waals surface area contributed by atoms with Crippen LogP contribution in [0.4, 0.5) is 11.4 Å². The summed E-state index contributed by atoms with van der Waals surface area (Å²) in [5.41, 5.74) is 1.16. The highest BCUT2D eigenvalue weighted by molar-refractivity contribution is 5.96. The molecular weight excluding hydrogens is 314 g/mol. The zero-order valence-corrected chi connectivity index (χ0v) is 12.8. The van der Waals surface area contributed by atoms with E-state index >= 15 is 0 Å². The van der Waals surface area contributed by atoms with Crippen molar-refractivity contribution in [2.45, 2.75) is 6.92 Å². The molecule has 0 saturated carbocycles. The van der Waals surface area contributed by atoms with Crippen molar-refractivity contribution in [3.8, 4) is 0 Å². The SMILES string of the molecule is CC(=O)Nc1cccc(NC(=O)COC(=O)c2cc[n+]([O-])cc2)c1. The smallest absolute Gasteiger partial charge is 0.339 e. The van der Waals surface area contributed by atoms with Crippen LogP contribution in [0.2, 0.25) is 0 Å². The Balaban J connectivity index is 1.88. The normalized spacial score (nSPS) is 9.88. The number of anilines is 2. The molecule has 0 unspecified atom stereocenters. The Morgan fingerprint density at radius 1 is 1.08 bits per heavy atom. The van der Waals surface area contributed by atoms with Crippen LogP contribution in [0, 0.1) is 5.21 Å². The Labute approximate surface area is 137 Å². The number of amides is 2. The minimum Gasteiger partial charge on any atom is -0.619 e. The van der Waals surface area contributed by atoms with Crippen LogP contribution in [0.3, 0.4) is 0 Å². The van der Waals surface area contributed by atoms with Gasteiger partial charge in [-0.2, -0.15) is 4.73 Å². The standard InChI is InChI=1S/C16H15N3O5/c1-11(20)17-13-3-2-4-14(9-13)18-15(21)10-24-16(22)12-5-7-19(23)8-6-12/h2-9H,10H2,1H3,(H,17,20)(H,18,21). The minimum atomic E-state index is -0.710. The molecular formula is C16H15N3O5. The number of hydrogen-bond acceptors (Lipinski definition) is 5. The molecule has 0 aliphatic carbocycles. The highest BCUT2D eigenvalue weighted by Gasteiger charge is 2.11. The Morgan fingerprint density at radius 2 is 1.71 bits per heavy atom. The highest BCUT2D eigenvalue weighted by atomic mass is 16.5. The molecule has 1 aromatic carbocycles. The van der Waals surface area contributed by atoms with E-state index in [9.17, 15) is 19.6 Å². The lowest BCUT2D eigenvalue weighted by Gasteiger charge is -2.08. The van der Waals surface area contributed by atoms with Gasteiger partial charge in [0.1, 0.15) is 0 Å². The van der Waals surface area contributed by atoms with Crippen LogP contribution < -0.4 is 15.4 Å². The number of carbonyl (C=O) groups excluding carboxylic acids is 3. The van der Waals surface area contributed by atoms with Crippen molar-refractivity contribution < 1.29 is 23.9 Å². The first-order valence-corrected chi connectivity index (χ1v) is 6.97. The van der Waals surface area contributed by atoms with Crippen LogP contribution in [0.5, 0.6) is 0 Å². The number of nitrogens with zero attached hydrogens (tertiary/aromatic N) is 1. The summed E-state index contributed by atoms with van der Waals surface area (Å²) in [5, 5.41) is 16.0. The summed E-state index contributed by atoms with van der Waals surface area (Å²) in [5.74, 6) is -1.47. The molecule has 0 bridgehead atoms. The number of rotatable bonds is 5. The van der Waals surface area contributed by atoms with Gasteiger partial charge < -0.3 is 20.6 Å². The van der Waals surface area contributed by atoms with Gasteiger partial charge in [0.15, 0.2) is 19.0 Å². The fourth-order valence-electron chi connectivity index (χ4n) is 1.84. The van der Waals surface area contributed by atoms with Crippen LogP contribution in [0.1, 0.15) is 17.3 Å². The number of pyridine rings is 1. The molecule has 0 radical (unpaired) electrons. The van der Waals surface area contributed by atoms with Crippen molar-refractivity contribution in [3.05, 3.63) is 59.6 Å². The summed E-state index contributed by atoms with van der Waals surface area (Å²) < 4.78 is 5.40. The van der Waals surface area contributed by atoms with Gasteiger partial charge in [-0.05, 0) is 18.2 Å². The molecule has 8 nitrogen and oxygen atoms in total. The quantitative estimate of drug-likeness (QED) is 0.484. The number of carbonyl (C=O) groups is 3. The minimum absolute atomic E-state index is 0.169. The molecule has 0 aliphatic heterocycles. The summed E-state index contributed by atoms with van der Waals surface area (Å²) in [6.45, 7) is 0.901. The van der Waals surface area contributed by atoms with Crippen LogP contribution in [0.25, 0.3) is 0 Å². The average Bonchev–Trinajstić information content (AvgIpc) is 2.53. The lowest BCUT2D eigenvalue weighted by atomic mass is 10.2. The van der Waals surface area contributed by atoms with E-state index in [0.29, 0.717) is 16.1 Å². The fourth-order valence-corrected chi connectivity index (χ4v) is 1.84. The maximum Gasteiger partial charge on any atom is 0.339 e. The highest BCUT2D eigenvalue weighted by Crippen LogP contribution is 2.15. The molecule has 0 fully saturated rings. The Morgan fingerprint density at radius 3 is 2.33 bits per heavy atom. The van der Waals surface area contributed by atoms with E-state index < -0.39 is 18.5 Å². The first-order valence-electron chi connectivity index (χ1n) is 6.97. The van der Waals surface area contributed by atoms with Crippen molar-refractivity contribution >= 4 is 29.2 Å². The molecule has 0 atom stereocenters. The molecule has 2 aromatic rings. The van der Waals surface area contributed by atoms with Gasteiger partial charge in [0.05, 0.1) is 5.56 Å². The Bertz CT molecular complexity index is 759. The number of aromatic nitrogens is 1. The van der Waals surface area contributed by atoms with Crippen LogP contribution >= 0.6 is 0 Å². The molecule has 0 aliphatic rings. The van der Waals surface area contributed by atoms with Gasteiger partial charge in [-0.1, -0.05) is 6.07 Å². The predicted molar refractivity (Wildman–Crippen MR) is 85.1 cm³/mol. The van der Waals surface area contributed by atoms with Gasteiger partial charge in [-0.25, -0.2) is 4.79 Å². The zero-order valence-electron chi connectivity index (χ0n) is 12.8. The van der Waals surface area contributed by atoms with E-state index in [-0.39, 0.29) is 11.5 Å². The maximum atomic E-state index is 11.8. The zero-order chi connectivity index (χ0) is 17.5. The lowest BCUT2D eigenvalue weighted by Crippen LogP contribution is -2.25. The van der Waals surface area contributed by atoms with Crippen LogP contribution in [0.15, 0.2) is 48.8 Å². The van der Waals surface area contributed by atoms with Gasteiger partial charge in [-0.15, -0.1) is 0 Å². The van der Waals surface area contributed by atoms with Crippen molar-refractivity contribution in [1.29, 1.82) is 0 Å². The average molecular weight is 329 g/mol. The lowest BCUT2D eigenvalue weighted by molar-refractivity contribution is -0.605. The monoisotopic (exact) mass is 329 g/mol. The molecule has 0 spiro atoms. The molecule has 2 rings (SSSR count). The molecule has 1 heterocycles. The maximum absolute atomic E-state index is 11.8. The Hall–Kier alpha value is -3.42. The first-order chi connectivity index (χ1) is 11.4. The van der Waals surface area contributed by atoms with E-state index in [1.54, 1.807) is 24.3 Å². The topological polar surface area (TPSA) is 111 Å². The second kappa shape index (κ2) is 7.73. The summed E-state index contributed by atoms with van der Waals surface area (Å²) in [7, 11) is 0. The molecule has 0 saturated heterocycles. The van der Waals surface area contributed by atoms with Crippen molar-refractivity contribution in [1.82, 2.24) is 0 Å². The fraction of sp³-hybridized carbons (Fsp3) is 0.125. The summed E-state index contributed by atoms with van der Waals surface area (Å²) >= 11 is 0. The molecule has 24 heavy (non-hydrogen) atoms.